The first-order valence-corrected chi connectivity index (χ1v) is 8.76. The quantitative estimate of drug-likeness (QED) is 0.850. The SMILES string of the molecule is CN(C(=O)Cc1ccc(Cl)c(Cl)c1)C1CCS(=O)(=O)C1. The van der Waals surface area contributed by atoms with Crippen molar-refractivity contribution in [2.75, 3.05) is 18.6 Å². The fraction of sp³-hybridized carbons (Fsp3) is 0.462. The average Bonchev–Trinajstić information content (AvgIpc) is 2.73. The molecule has 110 valence electrons. The fourth-order valence-electron chi connectivity index (χ4n) is 2.23. The van der Waals surface area contributed by atoms with Gasteiger partial charge >= 0.3 is 0 Å². The van der Waals surface area contributed by atoms with E-state index >= 15 is 0 Å². The highest BCUT2D eigenvalue weighted by Crippen LogP contribution is 2.23. The number of nitrogens with zero attached hydrogens (tertiary/aromatic N) is 1. The van der Waals surface area contributed by atoms with Crippen LogP contribution in [0.4, 0.5) is 0 Å². The summed E-state index contributed by atoms with van der Waals surface area (Å²) in [5.74, 6) is 0.0871. The second-order valence-electron chi connectivity index (χ2n) is 4.99. The topological polar surface area (TPSA) is 54.5 Å². The smallest absolute Gasteiger partial charge is 0.227 e. The van der Waals surface area contributed by atoms with Crippen LogP contribution in [0.2, 0.25) is 10.0 Å². The van der Waals surface area contributed by atoms with Gasteiger partial charge in [0.1, 0.15) is 0 Å². The van der Waals surface area contributed by atoms with Crippen LogP contribution >= 0.6 is 23.2 Å². The van der Waals surface area contributed by atoms with Crippen LogP contribution in [-0.2, 0) is 21.1 Å². The van der Waals surface area contributed by atoms with Crippen molar-refractivity contribution in [3.05, 3.63) is 33.8 Å². The van der Waals surface area contributed by atoms with Gasteiger partial charge < -0.3 is 4.90 Å². The third-order valence-electron chi connectivity index (χ3n) is 3.49. The Hall–Kier alpha value is -0.780. The largest absolute Gasteiger partial charge is 0.341 e. The predicted octanol–water partition coefficient (Wildman–Crippen LogP) is 2.18. The van der Waals surface area contributed by atoms with E-state index in [9.17, 15) is 13.2 Å². The van der Waals surface area contributed by atoms with Gasteiger partial charge in [-0.3, -0.25) is 4.79 Å². The van der Waals surface area contributed by atoms with Crippen molar-refractivity contribution >= 4 is 38.9 Å². The van der Waals surface area contributed by atoms with Crippen LogP contribution in [0.15, 0.2) is 18.2 Å². The zero-order chi connectivity index (χ0) is 14.9. The molecule has 0 saturated carbocycles. The number of benzene rings is 1. The molecule has 1 saturated heterocycles. The molecule has 1 amide bonds. The normalized spacial score (nSPS) is 20.9. The maximum absolute atomic E-state index is 12.2. The summed E-state index contributed by atoms with van der Waals surface area (Å²) in [4.78, 5) is 13.7. The van der Waals surface area contributed by atoms with Crippen LogP contribution in [0.1, 0.15) is 12.0 Å². The molecule has 1 unspecified atom stereocenters. The minimum Gasteiger partial charge on any atom is -0.341 e. The minimum absolute atomic E-state index is 0.0522. The Morgan fingerprint density at radius 1 is 1.35 bits per heavy atom. The Labute approximate surface area is 128 Å². The maximum atomic E-state index is 12.2. The summed E-state index contributed by atoms with van der Waals surface area (Å²) >= 11 is 11.7. The van der Waals surface area contributed by atoms with Crippen molar-refractivity contribution in [1.82, 2.24) is 4.90 Å². The Morgan fingerprint density at radius 3 is 2.60 bits per heavy atom. The Bertz CT molecular complexity index is 631. The molecule has 2 rings (SSSR count). The van der Waals surface area contributed by atoms with Gasteiger partial charge in [-0.2, -0.15) is 0 Å². The first-order valence-electron chi connectivity index (χ1n) is 6.18. The van der Waals surface area contributed by atoms with E-state index in [4.69, 9.17) is 23.2 Å². The molecular weight excluding hydrogens is 321 g/mol. The van der Waals surface area contributed by atoms with Crippen molar-refractivity contribution in [3.8, 4) is 0 Å². The van der Waals surface area contributed by atoms with Gasteiger partial charge in [-0.1, -0.05) is 29.3 Å². The van der Waals surface area contributed by atoms with E-state index in [0.29, 0.717) is 16.5 Å². The Morgan fingerprint density at radius 2 is 2.05 bits per heavy atom. The molecule has 4 nitrogen and oxygen atoms in total. The van der Waals surface area contributed by atoms with Gasteiger partial charge in [0.25, 0.3) is 0 Å². The molecule has 1 aliphatic rings. The molecule has 1 fully saturated rings. The molecule has 0 aromatic heterocycles. The molecule has 20 heavy (non-hydrogen) atoms. The van der Waals surface area contributed by atoms with E-state index in [1.54, 1.807) is 25.2 Å². The molecule has 1 atom stereocenters. The molecule has 1 aliphatic heterocycles. The minimum atomic E-state index is -2.99. The summed E-state index contributed by atoms with van der Waals surface area (Å²) in [5, 5.41) is 0.848. The first kappa shape index (κ1) is 15.6. The summed E-state index contributed by atoms with van der Waals surface area (Å²) in [6, 6.07) is 4.81. The predicted molar refractivity (Wildman–Crippen MR) is 80.0 cm³/mol. The lowest BCUT2D eigenvalue weighted by Gasteiger charge is -2.23. The van der Waals surface area contributed by atoms with Crippen molar-refractivity contribution in [3.63, 3.8) is 0 Å². The number of sulfone groups is 1. The molecule has 1 aromatic carbocycles. The number of likely N-dealkylation sites (N-methyl/N-ethyl adjacent to an activating group) is 1. The molecule has 0 N–H and O–H groups in total. The zero-order valence-corrected chi connectivity index (χ0v) is 13.3. The van der Waals surface area contributed by atoms with Gasteiger partial charge in [0.2, 0.25) is 5.91 Å². The number of amides is 1. The average molecular weight is 336 g/mol. The number of halogens is 2. The van der Waals surface area contributed by atoms with E-state index in [1.807, 2.05) is 0 Å². The van der Waals surface area contributed by atoms with Gasteiger partial charge in [-0.15, -0.1) is 0 Å². The highest BCUT2D eigenvalue weighted by molar-refractivity contribution is 7.91. The zero-order valence-electron chi connectivity index (χ0n) is 11.0. The number of carbonyl (C=O) groups is 1. The Kier molecular flexibility index (Phi) is 4.62. The highest BCUT2D eigenvalue weighted by Gasteiger charge is 2.32. The summed E-state index contributed by atoms with van der Waals surface area (Å²) in [6.07, 6.45) is 0.690. The van der Waals surface area contributed by atoms with E-state index in [2.05, 4.69) is 0 Å². The summed E-state index contributed by atoms with van der Waals surface area (Å²) in [5.41, 5.74) is 0.761. The van der Waals surface area contributed by atoms with E-state index < -0.39 is 9.84 Å². The summed E-state index contributed by atoms with van der Waals surface area (Å²) in [7, 11) is -1.35. The van der Waals surface area contributed by atoms with Crippen molar-refractivity contribution in [2.24, 2.45) is 0 Å². The summed E-state index contributed by atoms with van der Waals surface area (Å²) in [6.45, 7) is 0. The van der Waals surface area contributed by atoms with Gasteiger partial charge in [0.05, 0.1) is 28.0 Å². The molecule has 0 aliphatic carbocycles. The lowest BCUT2D eigenvalue weighted by molar-refractivity contribution is -0.130. The van der Waals surface area contributed by atoms with Gasteiger partial charge in [-0.05, 0) is 24.1 Å². The number of hydrogen-bond donors (Lipinski definition) is 0. The standard InChI is InChI=1S/C13H15Cl2NO3S/c1-16(10-4-5-20(18,19)8-10)13(17)7-9-2-3-11(14)12(15)6-9/h2-3,6,10H,4-5,7-8H2,1H3. The molecule has 0 radical (unpaired) electrons. The van der Waals surface area contributed by atoms with Crippen LogP contribution in [0.3, 0.4) is 0 Å². The van der Waals surface area contributed by atoms with Crippen LogP contribution in [0.25, 0.3) is 0 Å². The second-order valence-corrected chi connectivity index (χ2v) is 8.03. The van der Waals surface area contributed by atoms with Crippen molar-refractivity contribution < 1.29 is 13.2 Å². The van der Waals surface area contributed by atoms with Crippen LogP contribution in [-0.4, -0.2) is 43.8 Å². The third-order valence-corrected chi connectivity index (χ3v) is 5.98. The van der Waals surface area contributed by atoms with Crippen molar-refractivity contribution in [2.45, 2.75) is 18.9 Å². The van der Waals surface area contributed by atoms with Crippen LogP contribution in [0, 0.1) is 0 Å². The third kappa shape index (κ3) is 3.65. The molecule has 0 spiro atoms. The molecule has 1 heterocycles. The van der Waals surface area contributed by atoms with E-state index in [0.717, 1.165) is 5.56 Å². The lowest BCUT2D eigenvalue weighted by Crippen LogP contribution is -2.38. The fourth-order valence-corrected chi connectivity index (χ4v) is 4.33. The van der Waals surface area contributed by atoms with Gasteiger partial charge in [0, 0.05) is 13.1 Å². The Balaban J connectivity index is 2.02. The van der Waals surface area contributed by atoms with Crippen LogP contribution in [0.5, 0.6) is 0 Å². The molecular formula is C13H15Cl2NO3S. The van der Waals surface area contributed by atoms with Crippen molar-refractivity contribution in [1.29, 1.82) is 0 Å². The number of rotatable bonds is 3. The van der Waals surface area contributed by atoms with Crippen LogP contribution < -0.4 is 0 Å². The lowest BCUT2D eigenvalue weighted by atomic mass is 10.1. The molecule has 7 heteroatoms. The molecule has 1 aromatic rings. The molecule has 0 bridgehead atoms. The van der Waals surface area contributed by atoms with E-state index in [-0.39, 0.29) is 29.9 Å². The second kappa shape index (κ2) is 5.92. The summed E-state index contributed by atoms with van der Waals surface area (Å²) < 4.78 is 22.9. The number of carbonyl (C=O) groups excluding carboxylic acids is 1. The number of hydrogen-bond acceptors (Lipinski definition) is 3. The maximum Gasteiger partial charge on any atom is 0.227 e. The van der Waals surface area contributed by atoms with E-state index in [1.165, 1.54) is 4.90 Å². The van der Waals surface area contributed by atoms with Gasteiger partial charge in [-0.25, -0.2) is 8.42 Å². The highest BCUT2D eigenvalue weighted by atomic mass is 35.5. The first-order chi connectivity index (χ1) is 9.28. The monoisotopic (exact) mass is 335 g/mol. The van der Waals surface area contributed by atoms with Gasteiger partial charge in [0.15, 0.2) is 9.84 Å².